The predicted octanol–water partition coefficient (Wildman–Crippen LogP) is 4.57. The zero-order valence-corrected chi connectivity index (χ0v) is 34.4. The number of carbonyl (C=O) groups excluding carboxylic acids is 2. The van der Waals surface area contributed by atoms with E-state index in [9.17, 15) is 23.1 Å². The van der Waals surface area contributed by atoms with Crippen molar-refractivity contribution >= 4 is 27.5 Å². The molecule has 5 fully saturated rings. The summed E-state index contributed by atoms with van der Waals surface area (Å²) in [7, 11) is -1.00. The molecular weight excluding hydrogens is 750 g/mol. The summed E-state index contributed by atoms with van der Waals surface area (Å²) < 4.78 is 53.8. The number of nitrogens with zero attached hydrogens (tertiary/aromatic N) is 4. The lowest BCUT2D eigenvalue weighted by Crippen LogP contribution is -2.68. The highest BCUT2D eigenvalue weighted by molar-refractivity contribution is 7.92. The van der Waals surface area contributed by atoms with Gasteiger partial charge in [-0.05, 0) is 137 Å². The minimum absolute atomic E-state index is 0.0245. The van der Waals surface area contributed by atoms with Crippen LogP contribution in [-0.2, 0) is 29.5 Å². The number of nitrogens with one attached hydrogen (secondary N) is 1. The summed E-state index contributed by atoms with van der Waals surface area (Å²) in [5.74, 6) is -0.190. The van der Waals surface area contributed by atoms with Crippen LogP contribution >= 0.6 is 0 Å². The van der Waals surface area contributed by atoms with Crippen molar-refractivity contribution in [3.8, 4) is 0 Å². The van der Waals surface area contributed by atoms with E-state index < -0.39 is 32.4 Å². The van der Waals surface area contributed by atoms with Crippen molar-refractivity contribution in [1.82, 2.24) is 20.0 Å². The second-order valence-electron chi connectivity index (χ2n) is 17.1. The molecule has 14 heteroatoms. The Morgan fingerprint density at radius 3 is 2.32 bits per heavy atom. The minimum Gasteiger partial charge on any atom is -0.453 e. The number of carbonyl (C=O) groups is 2. The number of halogens is 1. The average molecular weight is 810 g/mol. The third-order valence-electron chi connectivity index (χ3n) is 13.9. The van der Waals surface area contributed by atoms with Crippen LogP contribution in [-0.4, -0.2) is 136 Å². The van der Waals surface area contributed by atoms with Gasteiger partial charge in [-0.1, -0.05) is 25.1 Å². The van der Waals surface area contributed by atoms with Crippen molar-refractivity contribution < 1.29 is 37.0 Å². The standard InChI is InChI=1S/C43H60FN5O7S/c1-4-39(50)48-23-6-5-20-42(52,30-48)57(53,54)36-16-14-35(15-17-36)49-28-41(29-49,56-3)27-47-24-18-32(19-25-47)43(31-46-21-9-22-46,33-10-7-11-34(44)26-33)37-12-8-13-38(37)45-40(51)55-2/h4,7,10-11,14-17,26,32,37-38,52H,1,5-6,8-9,12-13,18-25,27-31H2,2-3H3,(H,45,51)/t37-,38-,42-,43?/m0/s1. The quantitative estimate of drug-likeness (QED) is 0.278. The van der Waals surface area contributed by atoms with Gasteiger partial charge in [-0.3, -0.25) is 4.79 Å². The molecule has 12 nitrogen and oxygen atoms in total. The number of rotatable bonds is 13. The number of aliphatic hydroxyl groups is 1. The Labute approximate surface area is 337 Å². The van der Waals surface area contributed by atoms with E-state index >= 15 is 4.39 Å². The Morgan fingerprint density at radius 2 is 1.68 bits per heavy atom. The zero-order chi connectivity index (χ0) is 40.4. The highest BCUT2D eigenvalue weighted by Crippen LogP contribution is 2.52. The number of alkyl carbamates (subject to hydrolysis) is 1. The number of methoxy groups -OCH3 is 2. The first-order valence-corrected chi connectivity index (χ1v) is 22.2. The maximum atomic E-state index is 15.1. The SMILES string of the molecule is C=CC(=O)N1CCCC[C@](O)(S(=O)(=O)c2ccc(N3CC(CN4CCC(C(CN5CCC5)(c5cccc(F)c5)[C@H]5CCC[C@@H]5NC(=O)OC)CC4)(OC)C3)cc2)C1. The maximum Gasteiger partial charge on any atom is 0.407 e. The van der Waals surface area contributed by atoms with Gasteiger partial charge in [0.25, 0.3) is 0 Å². The number of sulfone groups is 1. The fourth-order valence-corrected chi connectivity index (χ4v) is 12.3. The van der Waals surface area contributed by atoms with Gasteiger partial charge in [-0.25, -0.2) is 17.6 Å². The van der Waals surface area contributed by atoms with Gasteiger partial charge in [0.1, 0.15) is 11.4 Å². The third kappa shape index (κ3) is 8.21. The Kier molecular flexibility index (Phi) is 12.4. The molecule has 4 aliphatic heterocycles. The Balaban J connectivity index is 1.03. The third-order valence-corrected chi connectivity index (χ3v) is 16.1. The Bertz CT molecular complexity index is 1860. The summed E-state index contributed by atoms with van der Waals surface area (Å²) in [6.07, 6.45) is 7.76. The zero-order valence-electron chi connectivity index (χ0n) is 33.5. The molecule has 1 saturated carbocycles. The van der Waals surface area contributed by atoms with Crippen LogP contribution in [0.3, 0.4) is 0 Å². The van der Waals surface area contributed by atoms with Crippen molar-refractivity contribution in [2.45, 2.75) is 84.7 Å². The van der Waals surface area contributed by atoms with Crippen LogP contribution in [0.2, 0.25) is 0 Å². The number of likely N-dealkylation sites (tertiary alicyclic amines) is 3. The topological polar surface area (TPSA) is 132 Å². The summed E-state index contributed by atoms with van der Waals surface area (Å²) in [6.45, 7) is 10.3. The maximum absolute atomic E-state index is 15.1. The lowest BCUT2D eigenvalue weighted by atomic mass is 9.57. The van der Waals surface area contributed by atoms with Crippen LogP contribution < -0.4 is 10.2 Å². The molecule has 312 valence electrons. The first-order chi connectivity index (χ1) is 27.3. The molecule has 4 atom stereocenters. The van der Waals surface area contributed by atoms with Gasteiger partial charge in [0.2, 0.25) is 15.7 Å². The number of ether oxygens (including phenoxy) is 2. The molecule has 0 radical (unpaired) electrons. The van der Waals surface area contributed by atoms with Crippen LogP contribution in [0, 0.1) is 17.7 Å². The van der Waals surface area contributed by atoms with Gasteiger partial charge < -0.3 is 39.5 Å². The van der Waals surface area contributed by atoms with Crippen LogP contribution in [0.4, 0.5) is 14.9 Å². The van der Waals surface area contributed by atoms with E-state index in [0.29, 0.717) is 32.5 Å². The molecular formula is C43H60FN5O7S. The lowest BCUT2D eigenvalue weighted by molar-refractivity contribution is -0.127. The number of benzene rings is 2. The van der Waals surface area contributed by atoms with Gasteiger partial charge in [-0.15, -0.1) is 0 Å². The van der Waals surface area contributed by atoms with E-state index in [4.69, 9.17) is 9.47 Å². The number of anilines is 1. The lowest BCUT2D eigenvalue weighted by Gasteiger charge is -2.55. The number of β-amino-alcohol motifs (C(OH)–C–C–N with tert-alkyl or cyclic N) is 1. The smallest absolute Gasteiger partial charge is 0.407 e. The molecule has 0 aromatic heterocycles. The number of amides is 2. The van der Waals surface area contributed by atoms with Crippen molar-refractivity contribution in [3.63, 3.8) is 0 Å². The predicted molar refractivity (Wildman–Crippen MR) is 216 cm³/mol. The summed E-state index contributed by atoms with van der Waals surface area (Å²) in [4.78, 5) is 31.4. The van der Waals surface area contributed by atoms with Crippen molar-refractivity contribution in [3.05, 3.63) is 72.6 Å². The van der Waals surface area contributed by atoms with E-state index in [2.05, 4.69) is 32.7 Å². The molecule has 0 bridgehead atoms. The molecule has 5 aliphatic rings. The number of piperidine rings is 1. The normalized spacial score (nSPS) is 27.1. The molecule has 1 aliphatic carbocycles. The summed E-state index contributed by atoms with van der Waals surface area (Å²) >= 11 is 0. The molecule has 2 aromatic rings. The number of hydrogen-bond donors (Lipinski definition) is 2. The largest absolute Gasteiger partial charge is 0.453 e. The first kappa shape index (κ1) is 41.6. The van der Waals surface area contributed by atoms with E-state index in [-0.39, 0.29) is 47.0 Å². The van der Waals surface area contributed by atoms with Gasteiger partial charge in [0, 0.05) is 43.9 Å². The molecule has 2 N–H and O–H groups in total. The molecule has 4 saturated heterocycles. The average Bonchev–Trinajstić information content (AvgIpc) is 3.54. The second-order valence-corrected chi connectivity index (χ2v) is 19.4. The van der Waals surface area contributed by atoms with Gasteiger partial charge >= 0.3 is 6.09 Å². The first-order valence-electron chi connectivity index (χ1n) is 20.7. The van der Waals surface area contributed by atoms with E-state index in [1.54, 1.807) is 37.4 Å². The highest BCUT2D eigenvalue weighted by atomic mass is 32.2. The molecule has 1 unspecified atom stereocenters. The van der Waals surface area contributed by atoms with Crippen molar-refractivity contribution in [1.29, 1.82) is 0 Å². The van der Waals surface area contributed by atoms with E-state index in [1.807, 2.05) is 6.07 Å². The Hall–Kier alpha value is -3.56. The minimum atomic E-state index is -4.16. The summed E-state index contributed by atoms with van der Waals surface area (Å²) in [5.41, 5.74) is 1.17. The van der Waals surface area contributed by atoms with E-state index in [1.165, 1.54) is 18.1 Å². The van der Waals surface area contributed by atoms with Crippen molar-refractivity contribution in [2.75, 3.05) is 84.6 Å². The molecule has 57 heavy (non-hydrogen) atoms. The molecule has 2 amide bonds. The molecule has 0 spiro atoms. The van der Waals surface area contributed by atoms with Gasteiger partial charge in [0.15, 0.2) is 4.93 Å². The summed E-state index contributed by atoms with van der Waals surface area (Å²) in [6, 6.07) is 13.8. The van der Waals surface area contributed by atoms with Gasteiger partial charge in [-0.2, -0.15) is 0 Å². The van der Waals surface area contributed by atoms with Crippen LogP contribution in [0.1, 0.15) is 63.4 Å². The Morgan fingerprint density at radius 1 is 0.947 bits per heavy atom. The van der Waals surface area contributed by atoms with Crippen molar-refractivity contribution in [2.24, 2.45) is 11.8 Å². The second kappa shape index (κ2) is 17.0. The fraction of sp³-hybridized carbons (Fsp3) is 0.628. The molecule has 2 aromatic carbocycles. The van der Waals surface area contributed by atoms with Crippen LogP contribution in [0.5, 0.6) is 0 Å². The highest BCUT2D eigenvalue weighted by Gasteiger charge is 2.54. The fourth-order valence-electron chi connectivity index (χ4n) is 10.6. The van der Waals surface area contributed by atoms with Crippen LogP contribution in [0.25, 0.3) is 0 Å². The van der Waals surface area contributed by atoms with E-state index in [0.717, 1.165) is 95.1 Å². The monoisotopic (exact) mass is 809 g/mol. The van der Waals surface area contributed by atoms with Crippen LogP contribution in [0.15, 0.2) is 66.1 Å². The van der Waals surface area contributed by atoms with Gasteiger partial charge in [0.05, 0.1) is 31.6 Å². The molecule has 7 rings (SSSR count). The number of hydrogen-bond acceptors (Lipinski definition) is 10. The summed E-state index contributed by atoms with van der Waals surface area (Å²) in [5, 5.41) is 14.6. The molecule has 4 heterocycles.